The molecule has 0 bridgehead atoms. The maximum atomic E-state index is 12.9. The first-order valence-corrected chi connectivity index (χ1v) is 13.1. The highest BCUT2D eigenvalue weighted by Crippen LogP contribution is 2.25. The number of halogens is 1. The summed E-state index contributed by atoms with van der Waals surface area (Å²) >= 11 is 3.36. The van der Waals surface area contributed by atoms with E-state index in [9.17, 15) is 8.42 Å². The Hall–Kier alpha value is -1.55. The minimum absolute atomic E-state index is 0.367. The van der Waals surface area contributed by atoms with Crippen molar-refractivity contribution in [1.29, 1.82) is 0 Å². The highest BCUT2D eigenvalue weighted by atomic mass is 79.9. The number of piperazine rings is 1. The van der Waals surface area contributed by atoms with Crippen molar-refractivity contribution in [2.75, 3.05) is 50.7 Å². The smallest absolute Gasteiger partial charge is 0.243 e. The highest BCUT2D eigenvalue weighted by molar-refractivity contribution is 9.10. The van der Waals surface area contributed by atoms with E-state index in [1.54, 1.807) is 28.6 Å². The molecule has 0 atom stereocenters. The van der Waals surface area contributed by atoms with E-state index < -0.39 is 10.0 Å². The van der Waals surface area contributed by atoms with E-state index in [0.29, 0.717) is 23.9 Å². The van der Waals surface area contributed by atoms with Crippen molar-refractivity contribution in [2.45, 2.75) is 31.6 Å². The van der Waals surface area contributed by atoms with Crippen LogP contribution in [0.5, 0.6) is 0 Å². The summed E-state index contributed by atoms with van der Waals surface area (Å²) in [6.07, 6.45) is 2.28. The van der Waals surface area contributed by atoms with Crippen molar-refractivity contribution >= 4 is 31.8 Å². The molecule has 0 N–H and O–H groups in total. The van der Waals surface area contributed by atoms with Crippen LogP contribution in [-0.4, -0.2) is 73.4 Å². The standard InChI is InChI=1S/C22H30BrN5O2S/c1-17-15-22(25-18(2)24-17)27-9-7-19(8-10-27)16-26-11-13-28(14-12-26)31(29,30)21-5-3-20(23)4-6-21/h3-6,15,19H,7-14,16H2,1-2H3. The monoisotopic (exact) mass is 507 g/mol. The van der Waals surface area contributed by atoms with Gasteiger partial charge in [-0.05, 0) is 56.9 Å². The topological polar surface area (TPSA) is 69.6 Å². The molecule has 1 aromatic heterocycles. The Bertz CT molecular complexity index is 979. The first kappa shape index (κ1) is 22.6. The fraction of sp³-hybridized carbons (Fsp3) is 0.545. The second kappa shape index (κ2) is 9.52. The Morgan fingerprint density at radius 1 is 0.968 bits per heavy atom. The Kier molecular flexibility index (Phi) is 6.95. The van der Waals surface area contributed by atoms with Crippen molar-refractivity contribution in [3.8, 4) is 0 Å². The summed E-state index contributed by atoms with van der Waals surface area (Å²) in [4.78, 5) is 14.1. The molecule has 0 saturated carbocycles. The van der Waals surface area contributed by atoms with E-state index in [1.165, 1.54) is 0 Å². The number of piperidine rings is 1. The van der Waals surface area contributed by atoms with Crippen molar-refractivity contribution < 1.29 is 8.42 Å². The van der Waals surface area contributed by atoms with Crippen LogP contribution < -0.4 is 4.90 Å². The number of hydrogen-bond donors (Lipinski definition) is 0. The number of sulfonamides is 1. The van der Waals surface area contributed by atoms with Crippen LogP contribution in [0, 0.1) is 19.8 Å². The zero-order chi connectivity index (χ0) is 22.0. The van der Waals surface area contributed by atoms with Crippen LogP contribution in [-0.2, 0) is 10.0 Å². The van der Waals surface area contributed by atoms with Gasteiger partial charge in [0.25, 0.3) is 0 Å². The summed E-state index contributed by atoms with van der Waals surface area (Å²) in [6, 6.07) is 8.96. The van der Waals surface area contributed by atoms with E-state index in [-0.39, 0.29) is 0 Å². The Labute approximate surface area is 193 Å². The quantitative estimate of drug-likeness (QED) is 0.619. The van der Waals surface area contributed by atoms with Crippen LogP contribution in [0.3, 0.4) is 0 Å². The van der Waals surface area contributed by atoms with E-state index in [1.807, 2.05) is 13.8 Å². The van der Waals surface area contributed by atoms with Crippen LogP contribution >= 0.6 is 15.9 Å². The third kappa shape index (κ3) is 5.45. The van der Waals surface area contributed by atoms with Crippen LogP contribution in [0.15, 0.2) is 39.7 Å². The number of aryl methyl sites for hydroxylation is 2. The Balaban J connectivity index is 1.26. The second-order valence-electron chi connectivity index (χ2n) is 8.50. The molecule has 2 aliphatic rings. The first-order valence-electron chi connectivity index (χ1n) is 10.9. The van der Waals surface area contributed by atoms with Crippen molar-refractivity contribution in [3.63, 3.8) is 0 Å². The predicted octanol–water partition coefficient (Wildman–Crippen LogP) is 3.08. The fourth-order valence-corrected chi connectivity index (χ4v) is 6.16. The average molecular weight is 508 g/mol. The largest absolute Gasteiger partial charge is 0.356 e. The van der Waals surface area contributed by atoms with Gasteiger partial charge in [0, 0.05) is 62.0 Å². The van der Waals surface area contributed by atoms with Crippen molar-refractivity contribution in [1.82, 2.24) is 19.2 Å². The summed E-state index contributed by atoms with van der Waals surface area (Å²) in [5.41, 5.74) is 1.01. The molecule has 0 radical (unpaired) electrons. The maximum absolute atomic E-state index is 12.9. The molecule has 2 saturated heterocycles. The van der Waals surface area contributed by atoms with Crippen LogP contribution in [0.2, 0.25) is 0 Å². The second-order valence-corrected chi connectivity index (χ2v) is 11.4. The van der Waals surface area contributed by atoms with Gasteiger partial charge in [0.1, 0.15) is 11.6 Å². The molecule has 168 valence electrons. The summed E-state index contributed by atoms with van der Waals surface area (Å²) in [7, 11) is -3.41. The van der Waals surface area contributed by atoms with E-state index in [0.717, 1.165) is 67.4 Å². The van der Waals surface area contributed by atoms with Gasteiger partial charge in [-0.25, -0.2) is 18.4 Å². The molecule has 2 fully saturated rings. The first-order chi connectivity index (χ1) is 14.8. The van der Waals surface area contributed by atoms with Gasteiger partial charge in [-0.2, -0.15) is 4.31 Å². The molecule has 7 nitrogen and oxygen atoms in total. The summed E-state index contributed by atoms with van der Waals surface area (Å²) in [5, 5.41) is 0. The Morgan fingerprint density at radius 2 is 1.61 bits per heavy atom. The molecule has 2 aromatic rings. The van der Waals surface area contributed by atoms with Gasteiger partial charge in [-0.1, -0.05) is 15.9 Å². The molecule has 3 heterocycles. The number of hydrogen-bond acceptors (Lipinski definition) is 6. The van der Waals surface area contributed by atoms with Gasteiger partial charge < -0.3 is 9.80 Å². The molecule has 4 rings (SSSR count). The SMILES string of the molecule is Cc1cc(N2CCC(CN3CCN(S(=O)(=O)c4ccc(Br)cc4)CC3)CC2)nc(C)n1. The van der Waals surface area contributed by atoms with Crippen molar-refractivity contribution in [2.24, 2.45) is 5.92 Å². The van der Waals surface area contributed by atoms with E-state index in [4.69, 9.17) is 0 Å². The van der Waals surface area contributed by atoms with Crippen LogP contribution in [0.25, 0.3) is 0 Å². The number of rotatable bonds is 5. The van der Waals surface area contributed by atoms with Crippen LogP contribution in [0.1, 0.15) is 24.4 Å². The van der Waals surface area contributed by atoms with Gasteiger partial charge in [-0.3, -0.25) is 0 Å². The molecule has 1 aromatic carbocycles. The zero-order valence-electron chi connectivity index (χ0n) is 18.2. The lowest BCUT2D eigenvalue weighted by Gasteiger charge is -2.38. The lowest BCUT2D eigenvalue weighted by atomic mass is 9.96. The third-order valence-electron chi connectivity index (χ3n) is 6.19. The summed E-state index contributed by atoms with van der Waals surface area (Å²) in [6.45, 7) is 9.72. The molecule has 0 unspecified atom stereocenters. The zero-order valence-corrected chi connectivity index (χ0v) is 20.6. The number of benzene rings is 1. The minimum atomic E-state index is -3.41. The molecular weight excluding hydrogens is 478 g/mol. The van der Waals surface area contributed by atoms with Crippen LogP contribution in [0.4, 0.5) is 5.82 Å². The molecule has 2 aliphatic heterocycles. The number of anilines is 1. The number of aromatic nitrogens is 2. The molecule has 0 aliphatic carbocycles. The van der Waals surface area contributed by atoms with Gasteiger partial charge in [0.05, 0.1) is 4.90 Å². The maximum Gasteiger partial charge on any atom is 0.243 e. The van der Waals surface area contributed by atoms with Gasteiger partial charge in [0.15, 0.2) is 0 Å². The van der Waals surface area contributed by atoms with E-state index >= 15 is 0 Å². The average Bonchev–Trinajstić information content (AvgIpc) is 2.74. The fourth-order valence-electron chi connectivity index (χ4n) is 4.48. The van der Waals surface area contributed by atoms with E-state index in [2.05, 4.69) is 41.8 Å². The van der Waals surface area contributed by atoms with Gasteiger partial charge >= 0.3 is 0 Å². The molecule has 0 amide bonds. The molecule has 31 heavy (non-hydrogen) atoms. The lowest BCUT2D eigenvalue weighted by molar-refractivity contribution is 0.155. The molecule has 9 heteroatoms. The lowest BCUT2D eigenvalue weighted by Crippen LogP contribution is -2.50. The normalized spacial score (nSPS) is 19.6. The molecule has 0 spiro atoms. The molecular formula is C22H30BrN5O2S. The van der Waals surface area contributed by atoms with Gasteiger partial charge in [-0.15, -0.1) is 0 Å². The third-order valence-corrected chi connectivity index (χ3v) is 8.63. The Morgan fingerprint density at radius 3 is 2.23 bits per heavy atom. The predicted molar refractivity (Wildman–Crippen MR) is 126 cm³/mol. The minimum Gasteiger partial charge on any atom is -0.356 e. The highest BCUT2D eigenvalue weighted by Gasteiger charge is 2.30. The summed E-state index contributed by atoms with van der Waals surface area (Å²) < 4.78 is 28.3. The van der Waals surface area contributed by atoms with Crippen molar-refractivity contribution in [3.05, 3.63) is 46.3 Å². The number of nitrogens with zero attached hydrogens (tertiary/aromatic N) is 5. The van der Waals surface area contributed by atoms with Gasteiger partial charge in [0.2, 0.25) is 10.0 Å². The summed E-state index contributed by atoms with van der Waals surface area (Å²) in [5.74, 6) is 2.51.